The fraction of sp³-hybridized carbons (Fsp3) is 0.400. The molecule has 0 heterocycles. The van der Waals surface area contributed by atoms with Gasteiger partial charge in [0.25, 0.3) is 0 Å². The van der Waals surface area contributed by atoms with E-state index in [1.165, 1.54) is 0 Å². The lowest BCUT2D eigenvalue weighted by atomic mass is 10.1. The average molecular weight is 164 g/mol. The molecule has 2 rings (SSSR count). The Bertz CT molecular complexity index is 272. The van der Waals surface area contributed by atoms with E-state index in [0.717, 1.165) is 24.0 Å². The Kier molecular flexibility index (Phi) is 1.67. The average Bonchev–Trinajstić information content (AvgIpc) is 2.85. The van der Waals surface area contributed by atoms with Crippen LogP contribution in [0.5, 0.6) is 0 Å². The molecule has 2 N–H and O–H groups in total. The summed E-state index contributed by atoms with van der Waals surface area (Å²) in [5.41, 5.74) is 1.32. The van der Waals surface area contributed by atoms with Crippen LogP contribution in [0.3, 0.4) is 0 Å². The van der Waals surface area contributed by atoms with Gasteiger partial charge in [-0.05, 0) is 24.0 Å². The number of rotatable bonds is 2. The molecule has 0 aliphatic heterocycles. The molecule has 0 aromatic heterocycles. The maximum Gasteiger partial charge on any atom is 0.0899 e. The standard InChI is InChI=1S/C10H12O2/c11-7-8-1-3-9(4-2-8)10(12)5-6-10/h1-4,11-12H,5-7H2. The van der Waals surface area contributed by atoms with Gasteiger partial charge in [0.15, 0.2) is 0 Å². The second-order valence-electron chi connectivity index (χ2n) is 3.39. The molecule has 1 aromatic carbocycles. The summed E-state index contributed by atoms with van der Waals surface area (Å²) in [6, 6.07) is 7.48. The summed E-state index contributed by atoms with van der Waals surface area (Å²) in [6.45, 7) is 0.0682. The van der Waals surface area contributed by atoms with Crippen molar-refractivity contribution in [3.05, 3.63) is 35.4 Å². The summed E-state index contributed by atoms with van der Waals surface area (Å²) < 4.78 is 0. The molecule has 1 aliphatic carbocycles. The minimum Gasteiger partial charge on any atom is -0.392 e. The quantitative estimate of drug-likeness (QED) is 0.688. The lowest BCUT2D eigenvalue weighted by molar-refractivity contribution is 0.151. The van der Waals surface area contributed by atoms with Crippen molar-refractivity contribution < 1.29 is 10.2 Å². The van der Waals surface area contributed by atoms with Gasteiger partial charge in [0.1, 0.15) is 0 Å². The molecule has 0 radical (unpaired) electrons. The SMILES string of the molecule is OCc1ccc(C2(O)CC2)cc1. The van der Waals surface area contributed by atoms with E-state index < -0.39 is 5.60 Å². The molecule has 1 aromatic rings. The van der Waals surface area contributed by atoms with Crippen molar-refractivity contribution in [1.82, 2.24) is 0 Å². The zero-order chi connectivity index (χ0) is 8.60. The van der Waals surface area contributed by atoms with Crippen LogP contribution >= 0.6 is 0 Å². The first-order valence-corrected chi connectivity index (χ1v) is 4.17. The molecule has 12 heavy (non-hydrogen) atoms. The molecule has 2 nitrogen and oxygen atoms in total. The highest BCUT2D eigenvalue weighted by Gasteiger charge is 2.41. The van der Waals surface area contributed by atoms with Crippen LogP contribution in [0.2, 0.25) is 0 Å². The third-order valence-corrected chi connectivity index (χ3v) is 2.40. The van der Waals surface area contributed by atoms with Crippen molar-refractivity contribution in [2.75, 3.05) is 0 Å². The zero-order valence-electron chi connectivity index (χ0n) is 6.83. The maximum absolute atomic E-state index is 9.70. The van der Waals surface area contributed by atoms with Gasteiger partial charge in [0, 0.05) is 0 Å². The van der Waals surface area contributed by atoms with Crippen molar-refractivity contribution in [2.24, 2.45) is 0 Å². The number of aliphatic hydroxyl groups is 2. The third-order valence-electron chi connectivity index (χ3n) is 2.40. The van der Waals surface area contributed by atoms with Crippen LogP contribution in [0.25, 0.3) is 0 Å². The highest BCUT2D eigenvalue weighted by Crippen LogP contribution is 2.45. The molecule has 0 atom stereocenters. The van der Waals surface area contributed by atoms with Crippen molar-refractivity contribution in [2.45, 2.75) is 25.0 Å². The van der Waals surface area contributed by atoms with E-state index in [2.05, 4.69) is 0 Å². The summed E-state index contributed by atoms with van der Waals surface area (Å²) in [6.07, 6.45) is 1.73. The van der Waals surface area contributed by atoms with E-state index in [9.17, 15) is 5.11 Å². The van der Waals surface area contributed by atoms with E-state index >= 15 is 0 Å². The topological polar surface area (TPSA) is 40.5 Å². The number of aliphatic hydroxyl groups excluding tert-OH is 1. The summed E-state index contributed by atoms with van der Waals surface area (Å²) in [5.74, 6) is 0. The molecule has 1 saturated carbocycles. The van der Waals surface area contributed by atoms with Gasteiger partial charge in [-0.2, -0.15) is 0 Å². The zero-order valence-corrected chi connectivity index (χ0v) is 6.83. The van der Waals surface area contributed by atoms with Crippen molar-refractivity contribution in [1.29, 1.82) is 0 Å². The first-order chi connectivity index (χ1) is 5.74. The Morgan fingerprint density at radius 3 is 2.17 bits per heavy atom. The molecule has 2 heteroatoms. The first-order valence-electron chi connectivity index (χ1n) is 4.17. The summed E-state index contributed by atoms with van der Waals surface area (Å²) in [7, 11) is 0. The van der Waals surface area contributed by atoms with Gasteiger partial charge in [-0.1, -0.05) is 24.3 Å². The summed E-state index contributed by atoms with van der Waals surface area (Å²) >= 11 is 0. The Morgan fingerprint density at radius 1 is 1.17 bits per heavy atom. The molecular formula is C10H12O2. The summed E-state index contributed by atoms with van der Waals surface area (Å²) in [5, 5.41) is 18.5. The van der Waals surface area contributed by atoms with Crippen molar-refractivity contribution in [3.63, 3.8) is 0 Å². The molecule has 1 aliphatic rings. The minimum absolute atomic E-state index is 0.0682. The second-order valence-corrected chi connectivity index (χ2v) is 3.39. The lowest BCUT2D eigenvalue weighted by Gasteiger charge is -2.07. The van der Waals surface area contributed by atoms with Crippen LogP contribution in [-0.4, -0.2) is 10.2 Å². The number of benzene rings is 1. The highest BCUT2D eigenvalue weighted by molar-refractivity contribution is 5.30. The number of hydrogen-bond acceptors (Lipinski definition) is 2. The van der Waals surface area contributed by atoms with Gasteiger partial charge in [0.2, 0.25) is 0 Å². The highest BCUT2D eigenvalue weighted by atomic mass is 16.3. The van der Waals surface area contributed by atoms with E-state index in [0.29, 0.717) is 0 Å². The van der Waals surface area contributed by atoms with E-state index in [4.69, 9.17) is 5.11 Å². The predicted octanol–water partition coefficient (Wildman–Crippen LogP) is 1.16. The second kappa shape index (κ2) is 2.57. The fourth-order valence-electron chi connectivity index (χ4n) is 1.33. The Labute approximate surface area is 71.5 Å². The molecule has 64 valence electrons. The Hall–Kier alpha value is -0.860. The predicted molar refractivity (Wildman–Crippen MR) is 45.5 cm³/mol. The normalized spacial score (nSPS) is 19.2. The molecule has 0 spiro atoms. The first kappa shape index (κ1) is 7.77. The van der Waals surface area contributed by atoms with Crippen LogP contribution in [-0.2, 0) is 12.2 Å². The fourth-order valence-corrected chi connectivity index (χ4v) is 1.33. The largest absolute Gasteiger partial charge is 0.392 e. The molecular weight excluding hydrogens is 152 g/mol. The van der Waals surface area contributed by atoms with Crippen LogP contribution in [0.1, 0.15) is 24.0 Å². The number of hydrogen-bond donors (Lipinski definition) is 2. The van der Waals surface area contributed by atoms with Crippen molar-refractivity contribution >= 4 is 0 Å². The molecule has 0 unspecified atom stereocenters. The van der Waals surface area contributed by atoms with Gasteiger partial charge in [-0.3, -0.25) is 0 Å². The smallest absolute Gasteiger partial charge is 0.0899 e. The molecule has 1 fully saturated rings. The Morgan fingerprint density at radius 2 is 1.75 bits per heavy atom. The maximum atomic E-state index is 9.70. The van der Waals surface area contributed by atoms with Gasteiger partial charge >= 0.3 is 0 Å². The monoisotopic (exact) mass is 164 g/mol. The van der Waals surface area contributed by atoms with Crippen molar-refractivity contribution in [3.8, 4) is 0 Å². The van der Waals surface area contributed by atoms with Crippen LogP contribution < -0.4 is 0 Å². The summed E-state index contributed by atoms with van der Waals surface area (Å²) in [4.78, 5) is 0. The van der Waals surface area contributed by atoms with Gasteiger partial charge < -0.3 is 10.2 Å². The van der Waals surface area contributed by atoms with Crippen LogP contribution in [0, 0.1) is 0 Å². The van der Waals surface area contributed by atoms with Crippen LogP contribution in [0.4, 0.5) is 0 Å². The van der Waals surface area contributed by atoms with Gasteiger partial charge in [-0.25, -0.2) is 0 Å². The van der Waals surface area contributed by atoms with Crippen LogP contribution in [0.15, 0.2) is 24.3 Å². The molecule has 0 amide bonds. The van der Waals surface area contributed by atoms with Gasteiger partial charge in [-0.15, -0.1) is 0 Å². The third kappa shape index (κ3) is 1.24. The minimum atomic E-state index is -0.548. The Balaban J connectivity index is 2.25. The van der Waals surface area contributed by atoms with E-state index in [1.54, 1.807) is 0 Å². The molecule has 0 bridgehead atoms. The molecule has 0 saturated heterocycles. The lowest BCUT2D eigenvalue weighted by Crippen LogP contribution is -2.03. The van der Waals surface area contributed by atoms with E-state index in [-0.39, 0.29) is 6.61 Å². The van der Waals surface area contributed by atoms with Gasteiger partial charge in [0.05, 0.1) is 12.2 Å². The van der Waals surface area contributed by atoms with E-state index in [1.807, 2.05) is 24.3 Å².